The molecule has 0 aliphatic heterocycles. The predicted octanol–water partition coefficient (Wildman–Crippen LogP) is 3.42. The Morgan fingerprint density at radius 1 is 1.36 bits per heavy atom. The molecule has 1 aliphatic rings. The van der Waals surface area contributed by atoms with Gasteiger partial charge < -0.3 is 10.6 Å². The number of hydrogen-bond donors (Lipinski definition) is 1. The third kappa shape index (κ3) is 4.17. The second-order valence-electron chi connectivity index (χ2n) is 5.91. The van der Waals surface area contributed by atoms with Crippen LogP contribution in [0.15, 0.2) is 18.2 Å². The largest absolute Gasteiger partial charge is 0.339 e. The molecule has 1 saturated carbocycles. The maximum absolute atomic E-state index is 13.8. The van der Waals surface area contributed by atoms with Gasteiger partial charge in [0.25, 0.3) is 0 Å². The van der Waals surface area contributed by atoms with Gasteiger partial charge in [0.2, 0.25) is 5.91 Å². The lowest BCUT2D eigenvalue weighted by molar-refractivity contribution is -0.137. The van der Waals surface area contributed by atoms with Crippen LogP contribution in [0.4, 0.5) is 8.78 Å². The zero-order valence-electron chi connectivity index (χ0n) is 12.9. The Labute approximate surface area is 136 Å². The number of nitrogens with two attached hydrogens (primary N) is 1. The minimum absolute atomic E-state index is 0. The Hall–Kier alpha value is -1.20. The summed E-state index contributed by atoms with van der Waals surface area (Å²) in [4.78, 5) is 14.0. The van der Waals surface area contributed by atoms with E-state index in [0.717, 1.165) is 37.5 Å². The smallest absolute Gasteiger partial charge is 0.225 e. The third-order valence-electron chi connectivity index (χ3n) is 4.40. The molecule has 3 nitrogen and oxygen atoms in total. The fraction of sp³-hybridized carbons (Fsp3) is 0.562. The van der Waals surface area contributed by atoms with Crippen LogP contribution in [-0.4, -0.2) is 23.9 Å². The van der Waals surface area contributed by atoms with Crippen LogP contribution in [0.1, 0.15) is 44.2 Å². The van der Waals surface area contributed by atoms with Crippen LogP contribution < -0.4 is 5.73 Å². The number of hydrogen-bond acceptors (Lipinski definition) is 2. The highest BCUT2D eigenvalue weighted by molar-refractivity contribution is 5.85. The standard InChI is InChI=1S/C16H22F2N2O.ClH/c1-10(14-9-12(17)6-7-15(14)18)20(2)16(21)11-4-3-5-13(19)8-11;/h6-7,9-11,13H,3-5,8,19H2,1-2H3;1H. The van der Waals surface area contributed by atoms with E-state index in [4.69, 9.17) is 5.73 Å². The number of amides is 1. The van der Waals surface area contributed by atoms with Gasteiger partial charge in [-0.1, -0.05) is 6.42 Å². The van der Waals surface area contributed by atoms with Crippen LogP contribution in [0.5, 0.6) is 0 Å². The van der Waals surface area contributed by atoms with Gasteiger partial charge in [0.1, 0.15) is 11.6 Å². The van der Waals surface area contributed by atoms with Gasteiger partial charge >= 0.3 is 0 Å². The molecule has 3 atom stereocenters. The Morgan fingerprint density at radius 2 is 2.05 bits per heavy atom. The lowest BCUT2D eigenvalue weighted by atomic mass is 9.85. The Morgan fingerprint density at radius 3 is 2.68 bits per heavy atom. The second kappa shape index (κ2) is 7.88. The van der Waals surface area contributed by atoms with Crippen molar-refractivity contribution in [3.63, 3.8) is 0 Å². The molecular weight excluding hydrogens is 310 g/mol. The van der Waals surface area contributed by atoms with E-state index < -0.39 is 17.7 Å². The molecule has 2 N–H and O–H groups in total. The molecule has 0 spiro atoms. The Balaban J connectivity index is 0.00000242. The molecule has 124 valence electrons. The van der Waals surface area contributed by atoms with Crippen molar-refractivity contribution < 1.29 is 13.6 Å². The first-order valence-corrected chi connectivity index (χ1v) is 7.37. The van der Waals surface area contributed by atoms with Crippen molar-refractivity contribution in [1.82, 2.24) is 4.90 Å². The van der Waals surface area contributed by atoms with Gasteiger partial charge in [-0.25, -0.2) is 8.78 Å². The molecule has 1 aromatic rings. The van der Waals surface area contributed by atoms with E-state index in [0.29, 0.717) is 6.42 Å². The SMILES string of the molecule is CC(c1cc(F)ccc1F)N(C)C(=O)C1CCCC(N)C1.Cl. The molecule has 1 aliphatic carbocycles. The van der Waals surface area contributed by atoms with Gasteiger partial charge in [-0.05, 0) is 44.4 Å². The lowest BCUT2D eigenvalue weighted by Gasteiger charge is -2.32. The summed E-state index contributed by atoms with van der Waals surface area (Å²) in [6.45, 7) is 1.71. The molecule has 1 aromatic carbocycles. The maximum atomic E-state index is 13.8. The molecule has 22 heavy (non-hydrogen) atoms. The number of rotatable bonds is 3. The Kier molecular flexibility index (Phi) is 6.75. The van der Waals surface area contributed by atoms with Gasteiger partial charge in [0.05, 0.1) is 6.04 Å². The minimum atomic E-state index is -0.508. The van der Waals surface area contributed by atoms with Crippen molar-refractivity contribution in [3.8, 4) is 0 Å². The molecule has 0 bridgehead atoms. The monoisotopic (exact) mass is 332 g/mol. The normalized spacial score (nSPS) is 22.6. The van der Waals surface area contributed by atoms with Crippen LogP contribution in [0.3, 0.4) is 0 Å². The molecule has 2 rings (SSSR count). The van der Waals surface area contributed by atoms with Gasteiger partial charge in [0, 0.05) is 24.6 Å². The van der Waals surface area contributed by atoms with E-state index in [1.54, 1.807) is 14.0 Å². The summed E-state index contributed by atoms with van der Waals surface area (Å²) in [6, 6.07) is 2.87. The van der Waals surface area contributed by atoms with Crippen LogP contribution in [0, 0.1) is 17.6 Å². The van der Waals surface area contributed by atoms with Gasteiger partial charge in [0.15, 0.2) is 0 Å². The van der Waals surface area contributed by atoms with E-state index in [1.807, 2.05) is 0 Å². The summed E-state index contributed by atoms with van der Waals surface area (Å²) in [6.07, 6.45) is 3.37. The average Bonchev–Trinajstić information content (AvgIpc) is 2.47. The molecule has 0 saturated heterocycles. The summed E-state index contributed by atoms with van der Waals surface area (Å²) < 4.78 is 27.1. The molecule has 1 amide bonds. The number of nitrogens with zero attached hydrogens (tertiary/aromatic N) is 1. The highest BCUT2D eigenvalue weighted by atomic mass is 35.5. The summed E-state index contributed by atoms with van der Waals surface area (Å²) in [5, 5.41) is 0. The highest BCUT2D eigenvalue weighted by Gasteiger charge is 2.30. The zero-order chi connectivity index (χ0) is 15.6. The molecule has 3 unspecified atom stereocenters. The van der Waals surface area contributed by atoms with Crippen LogP contribution in [-0.2, 0) is 4.79 Å². The fourth-order valence-electron chi connectivity index (χ4n) is 2.97. The average molecular weight is 333 g/mol. The summed E-state index contributed by atoms with van der Waals surface area (Å²) in [7, 11) is 1.64. The molecule has 0 heterocycles. The summed E-state index contributed by atoms with van der Waals surface area (Å²) in [5.41, 5.74) is 6.11. The van der Waals surface area contributed by atoms with Gasteiger partial charge in [-0.2, -0.15) is 0 Å². The molecule has 6 heteroatoms. The van der Waals surface area contributed by atoms with E-state index >= 15 is 0 Å². The van der Waals surface area contributed by atoms with Gasteiger partial charge in [-0.15, -0.1) is 12.4 Å². The lowest BCUT2D eigenvalue weighted by Crippen LogP contribution is -2.40. The quantitative estimate of drug-likeness (QED) is 0.921. The molecule has 0 aromatic heterocycles. The van der Waals surface area contributed by atoms with Crippen molar-refractivity contribution in [2.45, 2.75) is 44.7 Å². The zero-order valence-corrected chi connectivity index (χ0v) is 13.7. The fourth-order valence-corrected chi connectivity index (χ4v) is 2.97. The third-order valence-corrected chi connectivity index (χ3v) is 4.40. The van der Waals surface area contributed by atoms with Crippen LogP contribution in [0.2, 0.25) is 0 Å². The first-order chi connectivity index (χ1) is 9.90. The first kappa shape index (κ1) is 18.8. The number of carbonyl (C=O) groups excluding carboxylic acids is 1. The van der Waals surface area contributed by atoms with Crippen LogP contribution in [0.25, 0.3) is 0 Å². The van der Waals surface area contributed by atoms with Crippen LogP contribution >= 0.6 is 12.4 Å². The maximum Gasteiger partial charge on any atom is 0.225 e. The predicted molar refractivity (Wildman–Crippen MR) is 84.7 cm³/mol. The number of benzene rings is 1. The highest BCUT2D eigenvalue weighted by Crippen LogP contribution is 2.29. The summed E-state index contributed by atoms with van der Waals surface area (Å²) in [5.74, 6) is -1.15. The van der Waals surface area contributed by atoms with Gasteiger partial charge in [-0.3, -0.25) is 4.79 Å². The number of halogens is 3. The summed E-state index contributed by atoms with van der Waals surface area (Å²) >= 11 is 0. The molecular formula is C16H23ClF2N2O. The van der Waals surface area contributed by atoms with E-state index in [-0.39, 0.29) is 35.8 Å². The van der Waals surface area contributed by atoms with Crippen molar-refractivity contribution in [2.75, 3.05) is 7.05 Å². The minimum Gasteiger partial charge on any atom is -0.339 e. The molecule has 0 radical (unpaired) electrons. The molecule has 1 fully saturated rings. The van der Waals surface area contributed by atoms with E-state index in [9.17, 15) is 13.6 Å². The second-order valence-corrected chi connectivity index (χ2v) is 5.91. The van der Waals surface area contributed by atoms with Crippen molar-refractivity contribution in [2.24, 2.45) is 11.7 Å². The first-order valence-electron chi connectivity index (χ1n) is 7.37. The Bertz CT molecular complexity index is 527. The van der Waals surface area contributed by atoms with E-state index in [2.05, 4.69) is 0 Å². The van der Waals surface area contributed by atoms with Crippen molar-refractivity contribution in [1.29, 1.82) is 0 Å². The van der Waals surface area contributed by atoms with E-state index in [1.165, 1.54) is 4.90 Å². The number of carbonyl (C=O) groups is 1. The van der Waals surface area contributed by atoms with Crippen molar-refractivity contribution in [3.05, 3.63) is 35.4 Å². The van der Waals surface area contributed by atoms with Crippen molar-refractivity contribution >= 4 is 18.3 Å². The topological polar surface area (TPSA) is 46.3 Å².